The number of carbonyl (C=O) groups excluding carboxylic acids is 1. The number of aromatic nitrogens is 4. The number of anilines is 1. The average molecular weight is 381 g/mol. The van der Waals surface area contributed by atoms with E-state index < -0.39 is 0 Å². The van der Waals surface area contributed by atoms with Crippen LogP contribution >= 0.6 is 11.8 Å². The number of furan rings is 1. The van der Waals surface area contributed by atoms with Gasteiger partial charge in [-0.15, -0.1) is 10.2 Å². The molecule has 0 bridgehead atoms. The predicted molar refractivity (Wildman–Crippen MR) is 106 cm³/mol. The van der Waals surface area contributed by atoms with Gasteiger partial charge < -0.3 is 14.3 Å². The summed E-state index contributed by atoms with van der Waals surface area (Å²) in [7, 11) is 1.96. The van der Waals surface area contributed by atoms with Gasteiger partial charge >= 0.3 is 0 Å². The highest BCUT2D eigenvalue weighted by Gasteiger charge is 2.16. The predicted octanol–water partition coefficient (Wildman–Crippen LogP) is 3.78. The van der Waals surface area contributed by atoms with Crippen molar-refractivity contribution in [1.82, 2.24) is 19.3 Å². The fourth-order valence-electron chi connectivity index (χ4n) is 3.04. The molecule has 1 N–H and O–H groups in total. The number of nitrogens with one attached hydrogen (secondary N) is 1. The maximum Gasteiger partial charge on any atom is 0.234 e. The van der Waals surface area contributed by atoms with Crippen LogP contribution < -0.4 is 5.32 Å². The Hall–Kier alpha value is -3.00. The van der Waals surface area contributed by atoms with Crippen LogP contribution in [0.3, 0.4) is 0 Å². The summed E-state index contributed by atoms with van der Waals surface area (Å²) >= 11 is 1.36. The summed E-state index contributed by atoms with van der Waals surface area (Å²) in [6, 6.07) is 11.6. The van der Waals surface area contributed by atoms with E-state index in [9.17, 15) is 4.79 Å². The first kappa shape index (κ1) is 17.4. The number of hydrogen-bond donors (Lipinski definition) is 1. The first-order chi connectivity index (χ1) is 13.2. The van der Waals surface area contributed by atoms with Gasteiger partial charge in [0.2, 0.25) is 5.91 Å². The van der Waals surface area contributed by atoms with E-state index in [4.69, 9.17) is 4.42 Å². The summed E-state index contributed by atoms with van der Waals surface area (Å²) in [6.45, 7) is 2.70. The Bertz CT molecular complexity index is 1080. The van der Waals surface area contributed by atoms with E-state index in [1.807, 2.05) is 65.7 Å². The van der Waals surface area contributed by atoms with Crippen LogP contribution in [0.1, 0.15) is 6.92 Å². The Kier molecular flexibility index (Phi) is 4.72. The van der Waals surface area contributed by atoms with Crippen molar-refractivity contribution in [2.24, 2.45) is 7.05 Å². The molecule has 0 saturated heterocycles. The van der Waals surface area contributed by atoms with Gasteiger partial charge in [0.25, 0.3) is 0 Å². The van der Waals surface area contributed by atoms with E-state index in [1.165, 1.54) is 11.8 Å². The second kappa shape index (κ2) is 7.32. The molecule has 1 aromatic carbocycles. The van der Waals surface area contributed by atoms with Crippen LogP contribution in [0.25, 0.3) is 22.5 Å². The molecular formula is C19H19N5O2S. The van der Waals surface area contributed by atoms with Gasteiger partial charge in [0.1, 0.15) is 0 Å². The number of para-hydroxylation sites is 1. The van der Waals surface area contributed by atoms with Crippen molar-refractivity contribution >= 4 is 34.3 Å². The topological polar surface area (TPSA) is 77.9 Å². The third-order valence-corrected chi connectivity index (χ3v) is 5.25. The van der Waals surface area contributed by atoms with E-state index in [0.717, 1.165) is 16.6 Å². The van der Waals surface area contributed by atoms with E-state index in [1.54, 1.807) is 6.26 Å². The van der Waals surface area contributed by atoms with Crippen LogP contribution in [-0.2, 0) is 18.4 Å². The zero-order valence-corrected chi connectivity index (χ0v) is 15.9. The summed E-state index contributed by atoms with van der Waals surface area (Å²) in [4.78, 5) is 12.5. The number of benzene rings is 1. The zero-order valence-electron chi connectivity index (χ0n) is 15.0. The Morgan fingerprint density at radius 1 is 1.22 bits per heavy atom. The lowest BCUT2D eigenvalue weighted by molar-refractivity contribution is -0.113. The van der Waals surface area contributed by atoms with Gasteiger partial charge in [-0.05, 0) is 31.2 Å². The Morgan fingerprint density at radius 3 is 2.89 bits per heavy atom. The van der Waals surface area contributed by atoms with Crippen molar-refractivity contribution < 1.29 is 9.21 Å². The first-order valence-electron chi connectivity index (χ1n) is 8.61. The van der Waals surface area contributed by atoms with Gasteiger partial charge in [0, 0.05) is 25.2 Å². The molecular weight excluding hydrogens is 362 g/mol. The third kappa shape index (κ3) is 3.35. The monoisotopic (exact) mass is 381 g/mol. The van der Waals surface area contributed by atoms with Crippen molar-refractivity contribution in [2.75, 3.05) is 11.1 Å². The van der Waals surface area contributed by atoms with E-state index >= 15 is 0 Å². The van der Waals surface area contributed by atoms with Crippen LogP contribution in [0.4, 0.5) is 5.69 Å². The SMILES string of the molecule is CCn1c(SCC(=O)Nc2cccc3ccn(C)c23)nnc1-c1ccco1. The number of nitrogens with zero attached hydrogens (tertiary/aromatic N) is 4. The fourth-order valence-corrected chi connectivity index (χ4v) is 3.84. The van der Waals surface area contributed by atoms with E-state index in [-0.39, 0.29) is 11.7 Å². The van der Waals surface area contributed by atoms with Crippen LogP contribution in [0.15, 0.2) is 58.4 Å². The molecule has 1 amide bonds. The number of rotatable bonds is 6. The van der Waals surface area contributed by atoms with Crippen molar-refractivity contribution in [3.63, 3.8) is 0 Å². The number of fused-ring (bicyclic) bond motifs is 1. The number of aryl methyl sites for hydroxylation is 1. The Balaban J connectivity index is 1.47. The number of carbonyl (C=O) groups is 1. The molecule has 0 atom stereocenters. The third-order valence-electron chi connectivity index (χ3n) is 4.28. The van der Waals surface area contributed by atoms with Crippen LogP contribution in [-0.4, -0.2) is 31.0 Å². The normalized spacial score (nSPS) is 11.2. The van der Waals surface area contributed by atoms with Crippen molar-refractivity contribution in [3.05, 3.63) is 48.9 Å². The summed E-state index contributed by atoms with van der Waals surface area (Å²) in [6.07, 6.45) is 3.59. The molecule has 138 valence electrons. The minimum absolute atomic E-state index is 0.0844. The summed E-state index contributed by atoms with van der Waals surface area (Å²) in [5.41, 5.74) is 1.81. The molecule has 0 saturated carbocycles. The fraction of sp³-hybridized carbons (Fsp3) is 0.211. The van der Waals surface area contributed by atoms with E-state index in [2.05, 4.69) is 15.5 Å². The number of thioether (sulfide) groups is 1. The average Bonchev–Trinajstić information content (AvgIpc) is 3.40. The van der Waals surface area contributed by atoms with Gasteiger partial charge in [-0.25, -0.2) is 0 Å². The standard InChI is InChI=1S/C19H19N5O2S/c1-3-24-18(15-8-5-11-26-15)21-22-19(24)27-12-16(25)20-14-7-4-6-13-9-10-23(2)17(13)14/h4-11H,3,12H2,1-2H3,(H,20,25). The first-order valence-corrected chi connectivity index (χ1v) is 9.59. The Morgan fingerprint density at radius 2 is 2.11 bits per heavy atom. The molecule has 4 rings (SSSR count). The largest absolute Gasteiger partial charge is 0.461 e. The molecule has 0 aliphatic heterocycles. The van der Waals surface area contributed by atoms with Crippen LogP contribution in [0.2, 0.25) is 0 Å². The maximum absolute atomic E-state index is 12.5. The molecule has 0 aliphatic rings. The quantitative estimate of drug-likeness (QED) is 0.514. The molecule has 7 nitrogen and oxygen atoms in total. The van der Waals surface area contributed by atoms with Gasteiger partial charge in [-0.2, -0.15) is 0 Å². The highest BCUT2D eigenvalue weighted by molar-refractivity contribution is 7.99. The second-order valence-corrected chi connectivity index (χ2v) is 6.98. The maximum atomic E-state index is 12.5. The molecule has 0 spiro atoms. The van der Waals surface area contributed by atoms with E-state index in [0.29, 0.717) is 23.3 Å². The number of amides is 1. The molecule has 8 heteroatoms. The second-order valence-electron chi connectivity index (χ2n) is 6.03. The molecule has 0 radical (unpaired) electrons. The Labute approximate surface area is 160 Å². The molecule has 0 fully saturated rings. The molecule has 27 heavy (non-hydrogen) atoms. The summed E-state index contributed by atoms with van der Waals surface area (Å²) in [5, 5.41) is 13.2. The minimum Gasteiger partial charge on any atom is -0.461 e. The summed E-state index contributed by atoms with van der Waals surface area (Å²) < 4.78 is 9.35. The lowest BCUT2D eigenvalue weighted by Crippen LogP contribution is -2.15. The lowest BCUT2D eigenvalue weighted by Gasteiger charge is -2.09. The number of hydrogen-bond acceptors (Lipinski definition) is 5. The van der Waals surface area contributed by atoms with Crippen molar-refractivity contribution in [2.45, 2.75) is 18.6 Å². The van der Waals surface area contributed by atoms with Gasteiger partial charge in [-0.1, -0.05) is 23.9 Å². The molecule has 4 aromatic rings. The molecule has 3 heterocycles. The summed E-state index contributed by atoms with van der Waals surface area (Å²) in [5.74, 6) is 1.49. The van der Waals surface area contributed by atoms with Gasteiger partial charge in [-0.3, -0.25) is 9.36 Å². The molecule has 0 aliphatic carbocycles. The van der Waals surface area contributed by atoms with Crippen LogP contribution in [0, 0.1) is 0 Å². The highest BCUT2D eigenvalue weighted by Crippen LogP contribution is 2.26. The lowest BCUT2D eigenvalue weighted by atomic mass is 10.2. The van der Waals surface area contributed by atoms with Crippen LogP contribution in [0.5, 0.6) is 0 Å². The molecule has 0 unspecified atom stereocenters. The van der Waals surface area contributed by atoms with Gasteiger partial charge in [0.15, 0.2) is 16.7 Å². The van der Waals surface area contributed by atoms with Crippen molar-refractivity contribution in [3.8, 4) is 11.6 Å². The smallest absolute Gasteiger partial charge is 0.234 e. The van der Waals surface area contributed by atoms with Gasteiger partial charge in [0.05, 0.1) is 23.2 Å². The zero-order chi connectivity index (χ0) is 18.8. The minimum atomic E-state index is -0.0844. The molecule has 3 aromatic heterocycles. The van der Waals surface area contributed by atoms with Crippen molar-refractivity contribution in [1.29, 1.82) is 0 Å². The highest BCUT2D eigenvalue weighted by atomic mass is 32.2.